The van der Waals surface area contributed by atoms with Gasteiger partial charge in [0.05, 0.1) is 6.04 Å². The zero-order valence-corrected chi connectivity index (χ0v) is 9.41. The number of carbonyl (C=O) groups is 1. The van der Waals surface area contributed by atoms with Gasteiger partial charge in [0.2, 0.25) is 5.91 Å². The van der Waals surface area contributed by atoms with Crippen LogP contribution in [0.3, 0.4) is 0 Å². The third-order valence-corrected chi connectivity index (χ3v) is 2.92. The second-order valence-corrected chi connectivity index (χ2v) is 4.21. The quantitative estimate of drug-likeness (QED) is 0.798. The summed E-state index contributed by atoms with van der Waals surface area (Å²) in [6, 6.07) is 9.59. The molecule has 16 heavy (non-hydrogen) atoms. The molecule has 0 aromatic heterocycles. The van der Waals surface area contributed by atoms with Gasteiger partial charge in [0, 0.05) is 5.69 Å². The first-order valence-corrected chi connectivity index (χ1v) is 5.95. The number of hydrogen-bond donors (Lipinski definition) is 2. The Hall–Kier alpha value is -1.35. The van der Waals surface area contributed by atoms with E-state index in [1.165, 1.54) is 12.8 Å². The monoisotopic (exact) mass is 218 g/mol. The molecule has 1 aliphatic heterocycles. The van der Waals surface area contributed by atoms with Crippen molar-refractivity contribution in [3.63, 3.8) is 0 Å². The minimum atomic E-state index is -0.0253. The molecule has 0 bridgehead atoms. The Labute approximate surface area is 96.2 Å². The van der Waals surface area contributed by atoms with Crippen molar-refractivity contribution in [3.05, 3.63) is 30.3 Å². The molecule has 3 heteroatoms. The Balaban J connectivity index is 1.92. The van der Waals surface area contributed by atoms with Gasteiger partial charge < -0.3 is 10.6 Å². The number of benzene rings is 1. The first-order chi connectivity index (χ1) is 7.86. The smallest absolute Gasteiger partial charge is 0.241 e. The van der Waals surface area contributed by atoms with E-state index < -0.39 is 0 Å². The summed E-state index contributed by atoms with van der Waals surface area (Å²) >= 11 is 0. The van der Waals surface area contributed by atoms with Crippen LogP contribution in [-0.4, -0.2) is 18.5 Å². The van der Waals surface area contributed by atoms with Crippen LogP contribution in [0.4, 0.5) is 5.69 Å². The maximum absolute atomic E-state index is 11.9. The second kappa shape index (κ2) is 5.66. The van der Waals surface area contributed by atoms with Crippen LogP contribution in [0.15, 0.2) is 30.3 Å². The van der Waals surface area contributed by atoms with Crippen LogP contribution in [0.1, 0.15) is 25.7 Å². The molecule has 1 aliphatic rings. The molecular formula is C13H18N2O. The molecule has 1 aromatic rings. The SMILES string of the molecule is O=C(Nc1ccccc1)[C@@H]1CCCCCN1. The summed E-state index contributed by atoms with van der Waals surface area (Å²) < 4.78 is 0. The average molecular weight is 218 g/mol. The Kier molecular flexibility index (Phi) is 3.94. The van der Waals surface area contributed by atoms with Gasteiger partial charge in [-0.2, -0.15) is 0 Å². The third-order valence-electron chi connectivity index (χ3n) is 2.92. The number of amides is 1. The van der Waals surface area contributed by atoms with Crippen molar-refractivity contribution in [2.75, 3.05) is 11.9 Å². The van der Waals surface area contributed by atoms with Gasteiger partial charge in [0.25, 0.3) is 0 Å². The maximum atomic E-state index is 11.9. The van der Waals surface area contributed by atoms with Crippen LogP contribution in [-0.2, 0) is 4.79 Å². The number of carbonyl (C=O) groups excluding carboxylic acids is 1. The topological polar surface area (TPSA) is 41.1 Å². The fourth-order valence-electron chi connectivity index (χ4n) is 2.00. The number of nitrogens with one attached hydrogen (secondary N) is 2. The summed E-state index contributed by atoms with van der Waals surface area (Å²) in [6.45, 7) is 0.951. The van der Waals surface area contributed by atoms with Crippen LogP contribution in [0.25, 0.3) is 0 Å². The van der Waals surface area contributed by atoms with Crippen LogP contribution in [0.2, 0.25) is 0 Å². The summed E-state index contributed by atoms with van der Waals surface area (Å²) in [7, 11) is 0. The fourth-order valence-corrected chi connectivity index (χ4v) is 2.00. The molecule has 86 valence electrons. The lowest BCUT2D eigenvalue weighted by molar-refractivity contribution is -0.118. The Morgan fingerprint density at radius 1 is 1.19 bits per heavy atom. The number of rotatable bonds is 2. The highest BCUT2D eigenvalue weighted by Gasteiger charge is 2.19. The van der Waals surface area contributed by atoms with Crippen LogP contribution < -0.4 is 10.6 Å². The Morgan fingerprint density at radius 2 is 2.00 bits per heavy atom. The van der Waals surface area contributed by atoms with Crippen molar-refractivity contribution < 1.29 is 4.79 Å². The zero-order valence-electron chi connectivity index (χ0n) is 9.41. The van der Waals surface area contributed by atoms with Gasteiger partial charge in [-0.25, -0.2) is 0 Å². The minimum absolute atomic E-state index is 0.0253. The molecule has 1 aromatic carbocycles. The van der Waals surface area contributed by atoms with Gasteiger partial charge in [-0.15, -0.1) is 0 Å². The molecule has 0 radical (unpaired) electrons. The molecule has 3 nitrogen and oxygen atoms in total. The largest absolute Gasteiger partial charge is 0.325 e. The Morgan fingerprint density at radius 3 is 2.81 bits per heavy atom. The van der Waals surface area contributed by atoms with E-state index in [1.807, 2.05) is 30.3 Å². The van der Waals surface area contributed by atoms with Gasteiger partial charge in [-0.3, -0.25) is 4.79 Å². The van der Waals surface area contributed by atoms with Gasteiger partial charge in [-0.1, -0.05) is 31.0 Å². The summed E-state index contributed by atoms with van der Waals surface area (Å²) in [5.41, 5.74) is 0.874. The van der Waals surface area contributed by atoms with E-state index in [0.29, 0.717) is 0 Å². The maximum Gasteiger partial charge on any atom is 0.241 e. The molecule has 2 N–H and O–H groups in total. The molecule has 0 aliphatic carbocycles. The van der Waals surface area contributed by atoms with Crippen molar-refractivity contribution in [3.8, 4) is 0 Å². The second-order valence-electron chi connectivity index (χ2n) is 4.21. The van der Waals surface area contributed by atoms with Gasteiger partial charge in [0.15, 0.2) is 0 Å². The van der Waals surface area contributed by atoms with E-state index >= 15 is 0 Å². The highest BCUT2D eigenvalue weighted by molar-refractivity contribution is 5.94. The minimum Gasteiger partial charge on any atom is -0.325 e. The summed E-state index contributed by atoms with van der Waals surface area (Å²) in [5.74, 6) is 0.0908. The predicted molar refractivity (Wildman–Crippen MR) is 65.3 cm³/mol. The van der Waals surface area contributed by atoms with Crippen LogP contribution in [0.5, 0.6) is 0 Å². The standard InChI is InChI=1S/C13H18N2O/c16-13(12-9-5-2-6-10-14-12)15-11-7-3-1-4-8-11/h1,3-4,7-8,12,14H,2,5-6,9-10H2,(H,15,16)/t12-/m0/s1. The number of anilines is 1. The fraction of sp³-hybridized carbons (Fsp3) is 0.462. The normalized spacial score (nSPS) is 21.1. The molecule has 0 unspecified atom stereocenters. The molecular weight excluding hydrogens is 200 g/mol. The average Bonchev–Trinajstić information content (AvgIpc) is 2.59. The lowest BCUT2D eigenvalue weighted by Gasteiger charge is -2.15. The highest BCUT2D eigenvalue weighted by Crippen LogP contribution is 2.11. The molecule has 1 atom stereocenters. The molecule has 2 rings (SSSR count). The van der Waals surface area contributed by atoms with E-state index in [1.54, 1.807) is 0 Å². The van der Waals surface area contributed by atoms with Crippen molar-refractivity contribution in [1.82, 2.24) is 5.32 Å². The first kappa shape index (κ1) is 11.1. The van der Waals surface area contributed by atoms with Crippen molar-refractivity contribution in [2.24, 2.45) is 0 Å². The molecule has 1 saturated heterocycles. The summed E-state index contributed by atoms with van der Waals surface area (Å²) in [5, 5.41) is 6.23. The molecule has 0 spiro atoms. The number of para-hydroxylation sites is 1. The Bertz CT molecular complexity index is 329. The summed E-state index contributed by atoms with van der Waals surface area (Å²) in [4.78, 5) is 11.9. The van der Waals surface area contributed by atoms with Gasteiger partial charge in [-0.05, 0) is 31.5 Å². The molecule has 1 heterocycles. The van der Waals surface area contributed by atoms with E-state index in [9.17, 15) is 4.79 Å². The van der Waals surface area contributed by atoms with Crippen molar-refractivity contribution in [2.45, 2.75) is 31.7 Å². The van der Waals surface area contributed by atoms with E-state index in [-0.39, 0.29) is 11.9 Å². The third kappa shape index (κ3) is 3.07. The van der Waals surface area contributed by atoms with E-state index in [0.717, 1.165) is 25.1 Å². The summed E-state index contributed by atoms with van der Waals surface area (Å²) in [6.07, 6.45) is 4.48. The van der Waals surface area contributed by atoms with Crippen molar-refractivity contribution in [1.29, 1.82) is 0 Å². The van der Waals surface area contributed by atoms with Crippen LogP contribution >= 0.6 is 0 Å². The van der Waals surface area contributed by atoms with E-state index in [2.05, 4.69) is 10.6 Å². The lowest BCUT2D eigenvalue weighted by atomic mass is 10.1. The zero-order chi connectivity index (χ0) is 11.2. The van der Waals surface area contributed by atoms with Gasteiger partial charge >= 0.3 is 0 Å². The predicted octanol–water partition coefficient (Wildman–Crippen LogP) is 2.16. The highest BCUT2D eigenvalue weighted by atomic mass is 16.2. The molecule has 0 saturated carbocycles. The first-order valence-electron chi connectivity index (χ1n) is 5.95. The van der Waals surface area contributed by atoms with Crippen molar-refractivity contribution >= 4 is 11.6 Å². The molecule has 1 amide bonds. The van der Waals surface area contributed by atoms with E-state index in [4.69, 9.17) is 0 Å². The van der Waals surface area contributed by atoms with Crippen LogP contribution in [0, 0.1) is 0 Å². The van der Waals surface area contributed by atoms with Gasteiger partial charge in [0.1, 0.15) is 0 Å². The number of hydrogen-bond acceptors (Lipinski definition) is 2. The lowest BCUT2D eigenvalue weighted by Crippen LogP contribution is -2.39. The molecule has 1 fully saturated rings.